The molecule has 2 aromatic rings. The lowest BCUT2D eigenvalue weighted by molar-refractivity contribution is 0.364. The van der Waals surface area contributed by atoms with Crippen molar-refractivity contribution in [3.8, 4) is 11.8 Å². The van der Waals surface area contributed by atoms with E-state index in [1.807, 2.05) is 6.08 Å². The molecule has 0 amide bonds. The second kappa shape index (κ2) is 7.68. The van der Waals surface area contributed by atoms with Gasteiger partial charge in [0, 0.05) is 18.5 Å². The molecule has 0 aromatic heterocycles. The first-order valence-corrected chi connectivity index (χ1v) is 8.27. The molecule has 0 fully saturated rings. The second-order valence-corrected chi connectivity index (χ2v) is 7.29. The zero-order valence-electron chi connectivity index (χ0n) is 14.4. The first kappa shape index (κ1) is 17.6. The van der Waals surface area contributed by atoms with Crippen molar-refractivity contribution in [3.63, 3.8) is 0 Å². The third-order valence-electron chi connectivity index (χ3n) is 3.46. The second-order valence-electron chi connectivity index (χ2n) is 6.89. The van der Waals surface area contributed by atoms with Crippen molar-refractivity contribution in [1.82, 2.24) is 4.90 Å². The van der Waals surface area contributed by atoms with Crippen LogP contribution in [0.4, 0.5) is 0 Å². The van der Waals surface area contributed by atoms with E-state index < -0.39 is 0 Å². The van der Waals surface area contributed by atoms with Crippen molar-refractivity contribution >= 4 is 22.4 Å². The summed E-state index contributed by atoms with van der Waals surface area (Å²) in [6, 6.07) is 14.9. The number of likely N-dealkylation sites (N-methyl/N-ethyl adjacent to an activating group) is 1. The predicted molar refractivity (Wildman–Crippen MR) is 101 cm³/mol. The lowest BCUT2D eigenvalue weighted by atomic mass is 9.98. The van der Waals surface area contributed by atoms with Crippen LogP contribution in [0.1, 0.15) is 26.3 Å². The summed E-state index contributed by atoms with van der Waals surface area (Å²) >= 11 is 6.19. The third kappa shape index (κ3) is 5.75. The van der Waals surface area contributed by atoms with E-state index in [2.05, 4.69) is 87.0 Å². The summed E-state index contributed by atoms with van der Waals surface area (Å²) in [6.45, 7) is 7.90. The van der Waals surface area contributed by atoms with Gasteiger partial charge in [-0.2, -0.15) is 0 Å². The zero-order valence-corrected chi connectivity index (χ0v) is 15.1. The fourth-order valence-electron chi connectivity index (χ4n) is 2.32. The smallest absolute Gasteiger partial charge is 0.0877 e. The van der Waals surface area contributed by atoms with E-state index >= 15 is 0 Å². The van der Waals surface area contributed by atoms with E-state index in [4.69, 9.17) is 11.6 Å². The summed E-state index contributed by atoms with van der Waals surface area (Å²) < 4.78 is 0. The van der Waals surface area contributed by atoms with Gasteiger partial charge in [-0.25, -0.2) is 0 Å². The summed E-state index contributed by atoms with van der Waals surface area (Å²) in [4.78, 5) is 2.24. The van der Waals surface area contributed by atoms with Gasteiger partial charge in [0.1, 0.15) is 0 Å². The molecule has 2 aromatic carbocycles. The Labute approximate surface area is 145 Å². The number of fused-ring (bicyclic) bond motifs is 1. The van der Waals surface area contributed by atoms with Crippen molar-refractivity contribution < 1.29 is 0 Å². The Morgan fingerprint density at radius 1 is 1.13 bits per heavy atom. The van der Waals surface area contributed by atoms with Gasteiger partial charge in [-0.3, -0.25) is 4.90 Å². The Bertz CT molecular complexity index is 751. The first-order chi connectivity index (χ1) is 10.8. The van der Waals surface area contributed by atoms with Gasteiger partial charge in [0.05, 0.1) is 5.03 Å². The van der Waals surface area contributed by atoms with Gasteiger partial charge in [-0.05, 0) is 50.2 Å². The minimum absolute atomic E-state index is 0.0250. The molecule has 0 saturated heterocycles. The SMILES string of the molecule is CN(C/C=C(\Cl)C#CC(C)(C)C)Cc1cccc2ccccc12. The van der Waals surface area contributed by atoms with Gasteiger partial charge in [-0.1, -0.05) is 65.9 Å². The minimum Gasteiger partial charge on any atom is -0.298 e. The first-order valence-electron chi connectivity index (χ1n) is 7.89. The monoisotopic (exact) mass is 325 g/mol. The van der Waals surface area contributed by atoms with Crippen LogP contribution in [0.15, 0.2) is 53.6 Å². The zero-order chi connectivity index (χ0) is 16.9. The van der Waals surface area contributed by atoms with Crippen LogP contribution < -0.4 is 0 Å². The molecule has 23 heavy (non-hydrogen) atoms. The van der Waals surface area contributed by atoms with Crippen molar-refractivity contribution in [3.05, 3.63) is 59.1 Å². The van der Waals surface area contributed by atoms with Gasteiger partial charge in [0.25, 0.3) is 0 Å². The largest absolute Gasteiger partial charge is 0.298 e. The Kier molecular flexibility index (Phi) is 5.88. The molecule has 120 valence electrons. The van der Waals surface area contributed by atoms with Crippen LogP contribution in [0, 0.1) is 17.3 Å². The fraction of sp³-hybridized carbons (Fsp3) is 0.333. The van der Waals surface area contributed by atoms with Crippen molar-refractivity contribution in [2.24, 2.45) is 5.41 Å². The van der Waals surface area contributed by atoms with Gasteiger partial charge < -0.3 is 0 Å². The molecule has 0 saturated carbocycles. The summed E-state index contributed by atoms with van der Waals surface area (Å²) in [5, 5.41) is 3.21. The lowest BCUT2D eigenvalue weighted by Crippen LogP contribution is -2.18. The lowest BCUT2D eigenvalue weighted by Gasteiger charge is -2.16. The summed E-state index contributed by atoms with van der Waals surface area (Å²) in [7, 11) is 2.10. The minimum atomic E-state index is -0.0250. The van der Waals surface area contributed by atoms with Crippen LogP contribution in [0.3, 0.4) is 0 Å². The Morgan fingerprint density at radius 2 is 1.83 bits per heavy atom. The molecule has 2 heteroatoms. The maximum Gasteiger partial charge on any atom is 0.0877 e. The fourth-order valence-corrected chi connectivity index (χ4v) is 2.44. The Morgan fingerprint density at radius 3 is 2.57 bits per heavy atom. The highest BCUT2D eigenvalue weighted by molar-refractivity contribution is 6.32. The van der Waals surface area contributed by atoms with E-state index in [1.165, 1.54) is 16.3 Å². The number of benzene rings is 2. The number of nitrogens with zero attached hydrogens (tertiary/aromatic N) is 1. The van der Waals surface area contributed by atoms with Crippen molar-refractivity contribution in [2.45, 2.75) is 27.3 Å². The molecule has 0 aliphatic heterocycles. The van der Waals surface area contributed by atoms with E-state index in [9.17, 15) is 0 Å². The van der Waals surface area contributed by atoms with E-state index in [-0.39, 0.29) is 5.41 Å². The van der Waals surface area contributed by atoms with Crippen LogP contribution in [0.2, 0.25) is 0 Å². The van der Waals surface area contributed by atoms with Crippen LogP contribution in [-0.4, -0.2) is 18.5 Å². The summed E-state index contributed by atoms with van der Waals surface area (Å²) in [5.74, 6) is 6.17. The van der Waals surface area contributed by atoms with Crippen LogP contribution >= 0.6 is 11.6 Å². The third-order valence-corrected chi connectivity index (χ3v) is 3.71. The maximum atomic E-state index is 6.19. The van der Waals surface area contributed by atoms with Crippen LogP contribution in [-0.2, 0) is 6.54 Å². The van der Waals surface area contributed by atoms with Gasteiger partial charge in [-0.15, -0.1) is 0 Å². The standard InChI is InChI=1S/C21H24ClN/c1-21(2,3)14-12-19(22)13-15-23(4)16-18-10-7-9-17-8-5-6-11-20(17)18/h5-11,13H,15-16H2,1-4H3/b19-13-. The molecule has 0 aliphatic carbocycles. The molecule has 0 radical (unpaired) electrons. The highest BCUT2D eigenvalue weighted by Gasteiger charge is 2.05. The molecular formula is C21H24ClN. The Balaban J connectivity index is 2.04. The molecule has 2 rings (SSSR count). The number of halogens is 1. The van der Waals surface area contributed by atoms with E-state index in [1.54, 1.807) is 0 Å². The number of rotatable bonds is 4. The summed E-state index contributed by atoms with van der Waals surface area (Å²) in [6.07, 6.45) is 1.98. The molecule has 0 atom stereocenters. The van der Waals surface area contributed by atoms with E-state index in [0.29, 0.717) is 5.03 Å². The topological polar surface area (TPSA) is 3.24 Å². The molecular weight excluding hydrogens is 302 g/mol. The quantitative estimate of drug-likeness (QED) is 0.676. The van der Waals surface area contributed by atoms with E-state index in [0.717, 1.165) is 13.1 Å². The van der Waals surface area contributed by atoms with Gasteiger partial charge in [0.15, 0.2) is 0 Å². The Hall–Kier alpha value is -1.75. The molecule has 0 spiro atoms. The molecule has 0 heterocycles. The molecule has 0 N–H and O–H groups in total. The summed E-state index contributed by atoms with van der Waals surface area (Å²) in [5.41, 5.74) is 1.30. The van der Waals surface area contributed by atoms with Crippen molar-refractivity contribution in [2.75, 3.05) is 13.6 Å². The molecule has 0 bridgehead atoms. The maximum absolute atomic E-state index is 6.19. The normalized spacial score (nSPS) is 12.3. The average Bonchev–Trinajstić information content (AvgIpc) is 2.50. The number of hydrogen-bond donors (Lipinski definition) is 0. The van der Waals surface area contributed by atoms with Gasteiger partial charge in [0.2, 0.25) is 0 Å². The van der Waals surface area contributed by atoms with Crippen LogP contribution in [0.5, 0.6) is 0 Å². The van der Waals surface area contributed by atoms with Crippen LogP contribution in [0.25, 0.3) is 10.8 Å². The van der Waals surface area contributed by atoms with Crippen molar-refractivity contribution in [1.29, 1.82) is 0 Å². The predicted octanol–water partition coefficient (Wildman–Crippen LogP) is 5.44. The highest BCUT2D eigenvalue weighted by Crippen LogP contribution is 2.19. The number of hydrogen-bond acceptors (Lipinski definition) is 1. The molecule has 1 nitrogen and oxygen atoms in total. The molecule has 0 aliphatic rings. The number of allylic oxidation sites excluding steroid dienone is 1. The highest BCUT2D eigenvalue weighted by atomic mass is 35.5. The average molecular weight is 326 g/mol. The molecule has 0 unspecified atom stereocenters. The van der Waals surface area contributed by atoms with Gasteiger partial charge >= 0.3 is 0 Å².